The molecule has 1 unspecified atom stereocenters. The zero-order valence-electron chi connectivity index (χ0n) is 30.6. The number of nitrogens with zero attached hydrogens (tertiary/aromatic N) is 5. The van der Waals surface area contributed by atoms with Gasteiger partial charge in [0.05, 0.1) is 6.04 Å². The lowest BCUT2D eigenvalue weighted by Gasteiger charge is -2.38. The summed E-state index contributed by atoms with van der Waals surface area (Å²) < 4.78 is 13.2. The van der Waals surface area contributed by atoms with Crippen LogP contribution in [0.2, 0.25) is 0 Å². The van der Waals surface area contributed by atoms with Crippen molar-refractivity contribution in [2.75, 3.05) is 70.8 Å². The Hall–Kier alpha value is -4.88. The Bertz CT molecular complexity index is 1700. The van der Waals surface area contributed by atoms with Gasteiger partial charge in [0.1, 0.15) is 34.2 Å². The minimum absolute atomic E-state index is 0.0494. The number of piperidine rings is 1. The Labute approximate surface area is 306 Å². The largest absolute Gasteiger partial charge is 0.457 e. The molecule has 3 aromatic rings. The first-order chi connectivity index (χ1) is 25.0. The lowest BCUT2D eigenvalue weighted by atomic mass is 9.87. The molecule has 13 nitrogen and oxygen atoms in total. The fourth-order valence-corrected chi connectivity index (χ4v) is 7.22. The molecule has 278 valence electrons. The number of nitrogens with one attached hydrogen (secondary N) is 2. The third-order valence-corrected chi connectivity index (χ3v) is 9.89. The number of aromatic nitrogens is 2. The smallest absolute Gasteiger partial charge is 0.407 e. The van der Waals surface area contributed by atoms with Crippen LogP contribution in [0.25, 0.3) is 11.3 Å². The van der Waals surface area contributed by atoms with Gasteiger partial charge in [-0.25, -0.2) is 9.48 Å². The van der Waals surface area contributed by atoms with Gasteiger partial charge < -0.3 is 30.7 Å². The highest BCUT2D eigenvalue weighted by Gasteiger charge is 2.36. The highest BCUT2D eigenvalue weighted by molar-refractivity contribution is 6.03. The van der Waals surface area contributed by atoms with Crippen LogP contribution in [-0.4, -0.2) is 113 Å². The minimum Gasteiger partial charge on any atom is -0.457 e. The molecule has 4 N–H and O–H groups in total. The van der Waals surface area contributed by atoms with Crippen molar-refractivity contribution in [3.05, 3.63) is 72.3 Å². The predicted molar refractivity (Wildman–Crippen MR) is 200 cm³/mol. The van der Waals surface area contributed by atoms with E-state index in [0.717, 1.165) is 76.4 Å². The van der Waals surface area contributed by atoms with Crippen LogP contribution in [0, 0.1) is 5.92 Å². The van der Waals surface area contributed by atoms with Gasteiger partial charge >= 0.3 is 6.09 Å². The molecular formula is C39H52N8O5. The van der Waals surface area contributed by atoms with Crippen molar-refractivity contribution in [1.29, 1.82) is 0 Å². The maximum atomic E-state index is 13.1. The van der Waals surface area contributed by atoms with Gasteiger partial charge in [0.25, 0.3) is 5.91 Å². The van der Waals surface area contributed by atoms with Crippen LogP contribution in [-0.2, 0) is 9.53 Å². The number of hydrogen-bond acceptors (Lipinski definition) is 9. The molecule has 6 rings (SSSR count). The number of carbonyl (C=O) groups excluding carboxylic acids is 3. The van der Waals surface area contributed by atoms with Crippen LogP contribution in [0.3, 0.4) is 0 Å². The van der Waals surface area contributed by atoms with Crippen molar-refractivity contribution in [2.24, 2.45) is 11.7 Å². The molecular weight excluding hydrogens is 660 g/mol. The number of anilines is 1. The maximum absolute atomic E-state index is 13.1. The first kappa shape index (κ1) is 36.9. The van der Waals surface area contributed by atoms with Crippen molar-refractivity contribution >= 4 is 23.7 Å². The van der Waals surface area contributed by atoms with Gasteiger partial charge in [-0.3, -0.25) is 19.4 Å². The number of nitrogens with two attached hydrogens (primary N) is 1. The first-order valence-electron chi connectivity index (χ1n) is 18.4. The van der Waals surface area contributed by atoms with E-state index >= 15 is 0 Å². The topological polar surface area (TPSA) is 147 Å². The van der Waals surface area contributed by atoms with E-state index in [9.17, 15) is 14.4 Å². The Kier molecular flexibility index (Phi) is 11.8. The molecule has 3 amide bonds. The zero-order valence-corrected chi connectivity index (χ0v) is 30.6. The van der Waals surface area contributed by atoms with Gasteiger partial charge in [0, 0.05) is 77.1 Å². The molecule has 0 radical (unpaired) electrons. The van der Waals surface area contributed by atoms with Crippen molar-refractivity contribution in [1.82, 2.24) is 29.8 Å². The van der Waals surface area contributed by atoms with Gasteiger partial charge in [-0.1, -0.05) is 24.3 Å². The van der Waals surface area contributed by atoms with Gasteiger partial charge in [-0.15, -0.1) is 0 Å². The molecule has 1 aromatic heterocycles. The molecule has 4 heterocycles. The molecule has 2 aromatic carbocycles. The summed E-state index contributed by atoms with van der Waals surface area (Å²) in [7, 11) is 0. The third kappa shape index (κ3) is 9.51. The predicted octanol–water partition coefficient (Wildman–Crippen LogP) is 4.74. The minimum atomic E-state index is -0.518. The Morgan fingerprint density at radius 3 is 2.27 bits per heavy atom. The summed E-state index contributed by atoms with van der Waals surface area (Å²) in [6.07, 6.45) is 5.91. The second kappa shape index (κ2) is 16.6. The number of rotatable bonds is 11. The number of benzene rings is 2. The van der Waals surface area contributed by atoms with Crippen molar-refractivity contribution in [3.63, 3.8) is 0 Å². The van der Waals surface area contributed by atoms with E-state index in [0.29, 0.717) is 48.4 Å². The molecule has 3 aliphatic heterocycles. The quantitative estimate of drug-likeness (QED) is 0.240. The Morgan fingerprint density at radius 1 is 0.923 bits per heavy atom. The van der Waals surface area contributed by atoms with E-state index in [1.807, 2.05) is 91.0 Å². The number of para-hydroxylation sites is 1. The highest BCUT2D eigenvalue weighted by Crippen LogP contribution is 2.40. The molecule has 2 saturated heterocycles. The van der Waals surface area contributed by atoms with Crippen LogP contribution < -0.4 is 21.1 Å². The summed E-state index contributed by atoms with van der Waals surface area (Å²) in [6, 6.07) is 17.2. The number of piperazine rings is 1. The Morgan fingerprint density at radius 2 is 1.60 bits per heavy atom. The van der Waals surface area contributed by atoms with Crippen LogP contribution in [0.15, 0.2) is 66.7 Å². The summed E-state index contributed by atoms with van der Waals surface area (Å²) in [4.78, 5) is 44.4. The van der Waals surface area contributed by atoms with E-state index in [-0.39, 0.29) is 18.0 Å². The molecule has 0 saturated carbocycles. The Balaban J connectivity index is 0.977. The lowest BCUT2D eigenvalue weighted by Crippen LogP contribution is -2.48. The maximum Gasteiger partial charge on any atom is 0.407 e. The van der Waals surface area contributed by atoms with Crippen LogP contribution in [0.5, 0.6) is 11.5 Å². The molecule has 13 heteroatoms. The number of ether oxygens (including phenoxy) is 2. The number of alkyl carbamates (subject to hydrolysis) is 1. The standard InChI is InChI=1S/C39H52N8O5/c1-39(2,3)52-38(50)42-19-23-45-26-24-44(25-27-45)20-7-10-33(48)46-21-16-28(17-22-46)32-15-18-41-37-34(36(40)49)35(43-47(32)37)29-11-13-31(14-12-29)51-30-8-5-4-6-9-30/h4-14,28,32,41H,15-27H2,1-3H3,(H2,40,49)(H,42,50). The average molecular weight is 713 g/mol. The number of hydrogen-bond donors (Lipinski definition) is 3. The van der Waals surface area contributed by atoms with E-state index in [1.165, 1.54) is 0 Å². The number of likely N-dealkylation sites (tertiary alicyclic amines) is 1. The van der Waals surface area contributed by atoms with Crippen molar-refractivity contribution in [2.45, 2.75) is 51.7 Å². The van der Waals surface area contributed by atoms with Gasteiger partial charge in [-0.05, 0) is 82.3 Å². The second-order valence-corrected chi connectivity index (χ2v) is 14.7. The second-order valence-electron chi connectivity index (χ2n) is 14.7. The van der Waals surface area contributed by atoms with Gasteiger partial charge in [0.15, 0.2) is 0 Å². The van der Waals surface area contributed by atoms with E-state index in [2.05, 4.69) is 20.4 Å². The first-order valence-corrected chi connectivity index (χ1v) is 18.4. The SMILES string of the molecule is CC(C)(C)OC(=O)NCCN1CCN(CC=CC(=O)N2CCC(C3CCNc4c(C(N)=O)c(-c5ccc(Oc6ccccc6)cc5)nn43)CC2)CC1. The summed E-state index contributed by atoms with van der Waals surface area (Å²) in [5, 5.41) is 11.2. The average Bonchev–Trinajstić information content (AvgIpc) is 3.53. The fourth-order valence-electron chi connectivity index (χ4n) is 7.22. The fraction of sp³-hybridized carbons (Fsp3) is 0.487. The van der Waals surface area contributed by atoms with Crippen molar-refractivity contribution < 1.29 is 23.9 Å². The molecule has 1 atom stereocenters. The molecule has 2 fully saturated rings. The van der Waals surface area contributed by atoms with Crippen LogP contribution >= 0.6 is 0 Å². The third-order valence-electron chi connectivity index (χ3n) is 9.89. The van der Waals surface area contributed by atoms with Crippen molar-refractivity contribution in [3.8, 4) is 22.8 Å². The van der Waals surface area contributed by atoms with E-state index in [1.54, 1.807) is 6.08 Å². The lowest BCUT2D eigenvalue weighted by molar-refractivity contribution is -0.127. The molecule has 0 spiro atoms. The monoisotopic (exact) mass is 712 g/mol. The molecule has 0 bridgehead atoms. The van der Waals surface area contributed by atoms with Gasteiger partial charge in [-0.2, -0.15) is 5.10 Å². The number of amides is 3. The number of fused-ring (bicyclic) bond motifs is 1. The van der Waals surface area contributed by atoms with E-state index < -0.39 is 11.5 Å². The number of primary amides is 1. The normalized spacial score (nSPS) is 18.8. The molecule has 52 heavy (non-hydrogen) atoms. The molecule has 3 aliphatic rings. The van der Waals surface area contributed by atoms with E-state index in [4.69, 9.17) is 20.3 Å². The summed E-state index contributed by atoms with van der Waals surface area (Å²) in [6.45, 7) is 13.4. The number of carbonyl (C=O) groups is 3. The highest BCUT2D eigenvalue weighted by atomic mass is 16.6. The molecule has 0 aliphatic carbocycles. The summed E-state index contributed by atoms with van der Waals surface area (Å²) >= 11 is 0. The van der Waals surface area contributed by atoms with Crippen LogP contribution in [0.4, 0.5) is 10.6 Å². The zero-order chi connectivity index (χ0) is 36.7. The summed E-state index contributed by atoms with van der Waals surface area (Å²) in [5.41, 5.74) is 7.18. The summed E-state index contributed by atoms with van der Waals surface area (Å²) in [5.74, 6) is 1.95. The van der Waals surface area contributed by atoms with Crippen LogP contribution in [0.1, 0.15) is 56.4 Å². The van der Waals surface area contributed by atoms with Gasteiger partial charge in [0.2, 0.25) is 5.91 Å².